The normalized spacial score (nSPS) is 32.2. The predicted molar refractivity (Wildman–Crippen MR) is 46.6 cm³/mol. The van der Waals surface area contributed by atoms with Gasteiger partial charge in [0.1, 0.15) is 0 Å². The molecule has 64 valence electrons. The third-order valence-electron chi connectivity index (χ3n) is 2.98. The average Bonchev–Trinajstić information content (AvgIpc) is 2.05. The highest BCUT2D eigenvalue weighted by Crippen LogP contribution is 2.30. The van der Waals surface area contributed by atoms with Crippen LogP contribution in [0.2, 0.25) is 0 Å². The van der Waals surface area contributed by atoms with Gasteiger partial charge in [0.25, 0.3) is 0 Å². The van der Waals surface area contributed by atoms with Crippen molar-refractivity contribution in [1.29, 1.82) is 0 Å². The molecule has 1 N–H and O–H groups in total. The van der Waals surface area contributed by atoms with E-state index in [1.54, 1.807) is 0 Å². The molecule has 0 saturated carbocycles. The van der Waals surface area contributed by atoms with Crippen LogP contribution in [-0.4, -0.2) is 37.1 Å². The lowest BCUT2D eigenvalue weighted by Gasteiger charge is -2.36. The van der Waals surface area contributed by atoms with Crippen molar-refractivity contribution >= 4 is 0 Å². The maximum absolute atomic E-state index is 3.32. The molecule has 2 aliphatic rings. The third-order valence-corrected chi connectivity index (χ3v) is 2.98. The van der Waals surface area contributed by atoms with Gasteiger partial charge < -0.3 is 5.32 Å². The van der Waals surface area contributed by atoms with E-state index in [0.29, 0.717) is 5.41 Å². The van der Waals surface area contributed by atoms with E-state index in [1.165, 1.54) is 32.6 Å². The summed E-state index contributed by atoms with van der Waals surface area (Å²) < 4.78 is 0. The highest BCUT2D eigenvalue weighted by Gasteiger charge is 2.35. The zero-order chi connectivity index (χ0) is 7.90. The minimum atomic E-state index is 0.579. The second-order valence-electron chi connectivity index (χ2n) is 4.70. The molecule has 0 amide bonds. The van der Waals surface area contributed by atoms with Gasteiger partial charge in [-0.2, -0.15) is 0 Å². The Kier molecular flexibility index (Phi) is 1.69. The van der Waals surface area contributed by atoms with Gasteiger partial charge in [0.15, 0.2) is 0 Å². The monoisotopic (exact) mass is 154 g/mol. The highest BCUT2D eigenvalue weighted by molar-refractivity contribution is 4.92. The Morgan fingerprint density at radius 2 is 2.09 bits per heavy atom. The van der Waals surface area contributed by atoms with Crippen LogP contribution in [0.3, 0.4) is 0 Å². The van der Waals surface area contributed by atoms with Crippen LogP contribution in [0.5, 0.6) is 0 Å². The zero-order valence-electron chi connectivity index (χ0n) is 7.56. The number of likely N-dealkylation sites (tertiary alicyclic amines) is 1. The first-order valence-electron chi connectivity index (χ1n) is 4.62. The molecule has 0 aliphatic carbocycles. The molecule has 0 aromatic heterocycles. The molecule has 2 heterocycles. The van der Waals surface area contributed by atoms with Crippen molar-refractivity contribution in [2.24, 2.45) is 5.41 Å². The molecule has 2 fully saturated rings. The summed E-state index contributed by atoms with van der Waals surface area (Å²) in [7, 11) is 0. The quantitative estimate of drug-likeness (QED) is 0.598. The molecule has 2 nitrogen and oxygen atoms in total. The Balaban J connectivity index is 1.88. The molecule has 2 rings (SSSR count). The molecule has 11 heavy (non-hydrogen) atoms. The zero-order valence-corrected chi connectivity index (χ0v) is 7.56. The summed E-state index contributed by atoms with van der Waals surface area (Å²) in [6.07, 6.45) is 1.38. The van der Waals surface area contributed by atoms with Gasteiger partial charge >= 0.3 is 0 Å². The first-order chi connectivity index (χ1) is 5.17. The van der Waals surface area contributed by atoms with Gasteiger partial charge in [-0.1, -0.05) is 13.8 Å². The summed E-state index contributed by atoms with van der Waals surface area (Å²) in [5, 5.41) is 3.32. The molecule has 0 aromatic carbocycles. The van der Waals surface area contributed by atoms with Crippen molar-refractivity contribution in [1.82, 2.24) is 10.2 Å². The summed E-state index contributed by atoms with van der Waals surface area (Å²) in [6.45, 7) is 9.81. The number of nitrogens with one attached hydrogen (secondary N) is 1. The van der Waals surface area contributed by atoms with E-state index in [4.69, 9.17) is 0 Å². The second kappa shape index (κ2) is 2.46. The van der Waals surface area contributed by atoms with Crippen LogP contribution in [0.4, 0.5) is 0 Å². The molecule has 2 aliphatic heterocycles. The molecular formula is C9H18N2. The smallest absolute Gasteiger partial charge is 0.0345 e. The molecular weight excluding hydrogens is 136 g/mol. The Labute approximate surface area is 69.0 Å². The second-order valence-corrected chi connectivity index (χ2v) is 4.70. The third kappa shape index (κ3) is 1.42. The fourth-order valence-electron chi connectivity index (χ4n) is 2.00. The Morgan fingerprint density at radius 1 is 1.36 bits per heavy atom. The largest absolute Gasteiger partial charge is 0.314 e. The SMILES string of the molecule is CC1(C)CCN(C2CNC2)C1. The van der Waals surface area contributed by atoms with Crippen molar-refractivity contribution in [3.05, 3.63) is 0 Å². The first-order valence-corrected chi connectivity index (χ1v) is 4.62. The lowest BCUT2D eigenvalue weighted by atomic mass is 9.93. The molecule has 2 heteroatoms. The Morgan fingerprint density at radius 3 is 2.45 bits per heavy atom. The maximum atomic E-state index is 3.32. The highest BCUT2D eigenvalue weighted by atomic mass is 15.2. The molecule has 0 radical (unpaired) electrons. The molecule has 2 saturated heterocycles. The van der Waals surface area contributed by atoms with Crippen LogP contribution < -0.4 is 5.32 Å². The van der Waals surface area contributed by atoms with Gasteiger partial charge in [-0.25, -0.2) is 0 Å². The van der Waals surface area contributed by atoms with Gasteiger partial charge in [0.2, 0.25) is 0 Å². The number of nitrogens with zero attached hydrogens (tertiary/aromatic N) is 1. The molecule has 0 aromatic rings. The van der Waals surface area contributed by atoms with Crippen molar-refractivity contribution in [2.75, 3.05) is 26.2 Å². The summed E-state index contributed by atoms with van der Waals surface area (Å²) in [4.78, 5) is 2.64. The molecule has 0 bridgehead atoms. The van der Waals surface area contributed by atoms with Crippen LogP contribution in [-0.2, 0) is 0 Å². The first kappa shape index (κ1) is 7.56. The van der Waals surface area contributed by atoms with E-state index in [9.17, 15) is 0 Å². The van der Waals surface area contributed by atoms with Crippen LogP contribution in [0.15, 0.2) is 0 Å². The standard InChI is InChI=1S/C9H18N2/c1-9(2)3-4-11(7-9)8-5-10-6-8/h8,10H,3-7H2,1-2H3. The van der Waals surface area contributed by atoms with E-state index in [-0.39, 0.29) is 0 Å². The van der Waals surface area contributed by atoms with Crippen molar-refractivity contribution in [3.8, 4) is 0 Å². The van der Waals surface area contributed by atoms with Crippen LogP contribution in [0, 0.1) is 5.41 Å². The van der Waals surface area contributed by atoms with Gasteiger partial charge in [0.05, 0.1) is 0 Å². The van der Waals surface area contributed by atoms with Crippen LogP contribution in [0.25, 0.3) is 0 Å². The minimum absolute atomic E-state index is 0.579. The van der Waals surface area contributed by atoms with Gasteiger partial charge in [-0.05, 0) is 18.4 Å². The van der Waals surface area contributed by atoms with E-state index in [0.717, 1.165) is 6.04 Å². The summed E-state index contributed by atoms with van der Waals surface area (Å²) in [5.41, 5.74) is 0.579. The summed E-state index contributed by atoms with van der Waals surface area (Å²) in [5.74, 6) is 0. The molecule has 0 spiro atoms. The summed E-state index contributed by atoms with van der Waals surface area (Å²) >= 11 is 0. The maximum Gasteiger partial charge on any atom is 0.0345 e. The molecule has 0 atom stereocenters. The fourth-order valence-corrected chi connectivity index (χ4v) is 2.00. The van der Waals surface area contributed by atoms with E-state index in [2.05, 4.69) is 24.1 Å². The minimum Gasteiger partial charge on any atom is -0.314 e. The van der Waals surface area contributed by atoms with E-state index < -0.39 is 0 Å². The van der Waals surface area contributed by atoms with Crippen LogP contribution in [0.1, 0.15) is 20.3 Å². The number of hydrogen-bond acceptors (Lipinski definition) is 2. The van der Waals surface area contributed by atoms with Crippen molar-refractivity contribution in [3.63, 3.8) is 0 Å². The van der Waals surface area contributed by atoms with E-state index in [1.807, 2.05) is 0 Å². The van der Waals surface area contributed by atoms with Crippen LogP contribution >= 0.6 is 0 Å². The van der Waals surface area contributed by atoms with Crippen molar-refractivity contribution in [2.45, 2.75) is 26.3 Å². The molecule has 0 unspecified atom stereocenters. The Bertz CT molecular complexity index is 150. The topological polar surface area (TPSA) is 15.3 Å². The fraction of sp³-hybridized carbons (Fsp3) is 1.00. The number of hydrogen-bond donors (Lipinski definition) is 1. The average molecular weight is 154 g/mol. The lowest BCUT2D eigenvalue weighted by molar-refractivity contribution is 0.163. The van der Waals surface area contributed by atoms with Gasteiger partial charge in [0, 0.05) is 25.7 Å². The lowest BCUT2D eigenvalue weighted by Crippen LogP contribution is -2.56. The van der Waals surface area contributed by atoms with Gasteiger partial charge in [-0.3, -0.25) is 4.90 Å². The summed E-state index contributed by atoms with van der Waals surface area (Å²) in [6, 6.07) is 0.858. The van der Waals surface area contributed by atoms with Gasteiger partial charge in [-0.15, -0.1) is 0 Å². The van der Waals surface area contributed by atoms with Crippen molar-refractivity contribution < 1.29 is 0 Å². The van der Waals surface area contributed by atoms with E-state index >= 15 is 0 Å². The Hall–Kier alpha value is -0.0800. The number of rotatable bonds is 1. The predicted octanol–water partition coefficient (Wildman–Crippen LogP) is 0.690.